The highest BCUT2D eigenvalue weighted by molar-refractivity contribution is 6.55. The zero-order chi connectivity index (χ0) is 14.0. The van der Waals surface area contributed by atoms with Crippen LogP contribution in [0.5, 0.6) is 5.75 Å². The van der Waals surface area contributed by atoms with Crippen molar-refractivity contribution < 1.29 is 4.74 Å². The maximum absolute atomic E-state index is 12.4. The van der Waals surface area contributed by atoms with E-state index in [1.165, 1.54) is 0 Å². The van der Waals surface area contributed by atoms with Crippen LogP contribution >= 0.6 is 23.2 Å². The Hall–Kier alpha value is -1.45. The number of hydrogen-bond donors (Lipinski definition) is 1. The Bertz CT molecular complexity index is 700. The Morgan fingerprint density at radius 1 is 1.42 bits per heavy atom. The predicted molar refractivity (Wildman–Crippen MR) is 79.4 cm³/mol. The molecular weight excluding hydrogens is 285 g/mol. The molecule has 0 aliphatic heterocycles. The van der Waals surface area contributed by atoms with Crippen molar-refractivity contribution >= 4 is 34.1 Å². The van der Waals surface area contributed by atoms with E-state index in [4.69, 9.17) is 27.9 Å². The van der Waals surface area contributed by atoms with Gasteiger partial charge in [-0.1, -0.05) is 23.2 Å². The summed E-state index contributed by atoms with van der Waals surface area (Å²) in [5.41, 5.74) is 2.22. The van der Waals surface area contributed by atoms with Gasteiger partial charge < -0.3 is 9.72 Å². The zero-order valence-electron chi connectivity index (χ0n) is 10.6. The number of nitrogens with one attached hydrogen (secondary N) is 1. The van der Waals surface area contributed by atoms with Crippen molar-refractivity contribution in [3.63, 3.8) is 0 Å². The number of allylic oxidation sites excluding steroid dienone is 1. The highest BCUT2D eigenvalue weighted by atomic mass is 35.5. The van der Waals surface area contributed by atoms with Crippen LogP contribution in [-0.4, -0.2) is 12.1 Å². The molecule has 1 heterocycles. The lowest BCUT2D eigenvalue weighted by Gasteiger charge is -2.07. The lowest BCUT2D eigenvalue weighted by atomic mass is 10.1. The van der Waals surface area contributed by atoms with Gasteiger partial charge in [-0.15, -0.1) is 0 Å². The number of aryl methyl sites for hydroxylation is 1. The van der Waals surface area contributed by atoms with Crippen molar-refractivity contribution in [2.75, 3.05) is 7.11 Å². The molecule has 3 nitrogen and oxygen atoms in total. The van der Waals surface area contributed by atoms with Gasteiger partial charge in [0.25, 0.3) is 0 Å². The number of benzene rings is 1. The normalized spacial score (nSPS) is 10.5. The first-order valence-corrected chi connectivity index (χ1v) is 6.49. The Balaban J connectivity index is 2.65. The summed E-state index contributed by atoms with van der Waals surface area (Å²) in [5, 5.41) is 0.596. The number of fused-ring (bicyclic) bond motifs is 1. The molecule has 1 aromatic heterocycles. The van der Waals surface area contributed by atoms with Crippen molar-refractivity contribution in [1.82, 2.24) is 4.98 Å². The molecule has 0 unspecified atom stereocenters. The van der Waals surface area contributed by atoms with Gasteiger partial charge in [0, 0.05) is 22.2 Å². The number of H-pyrrole nitrogens is 1. The zero-order valence-corrected chi connectivity index (χ0v) is 12.1. The largest absolute Gasteiger partial charge is 0.497 e. The van der Waals surface area contributed by atoms with Gasteiger partial charge in [-0.3, -0.25) is 4.79 Å². The highest BCUT2D eigenvalue weighted by Crippen LogP contribution is 2.19. The fraction of sp³-hybridized carbons (Fsp3) is 0.214. The number of methoxy groups -OCH3 is 1. The number of pyridine rings is 1. The second-order valence-corrected chi connectivity index (χ2v) is 5.17. The van der Waals surface area contributed by atoms with Crippen molar-refractivity contribution in [1.29, 1.82) is 0 Å². The van der Waals surface area contributed by atoms with E-state index in [-0.39, 0.29) is 9.92 Å². The molecule has 0 radical (unpaired) electrons. The molecule has 0 fully saturated rings. The number of ether oxygens (including phenoxy) is 1. The van der Waals surface area contributed by atoms with E-state index in [0.29, 0.717) is 23.1 Å². The van der Waals surface area contributed by atoms with E-state index in [9.17, 15) is 4.79 Å². The molecule has 2 rings (SSSR count). The van der Waals surface area contributed by atoms with E-state index in [0.717, 1.165) is 11.2 Å². The molecule has 0 aliphatic rings. The first-order valence-electron chi connectivity index (χ1n) is 5.73. The molecule has 5 heteroatoms. The van der Waals surface area contributed by atoms with Crippen molar-refractivity contribution in [2.24, 2.45) is 0 Å². The van der Waals surface area contributed by atoms with Crippen molar-refractivity contribution in [3.8, 4) is 5.75 Å². The lowest BCUT2D eigenvalue weighted by Crippen LogP contribution is -2.12. The predicted octanol–water partition coefficient (Wildman–Crippen LogP) is 3.71. The fourth-order valence-corrected chi connectivity index (χ4v) is 2.14. The molecule has 0 bridgehead atoms. The monoisotopic (exact) mass is 297 g/mol. The summed E-state index contributed by atoms with van der Waals surface area (Å²) >= 11 is 11.2. The van der Waals surface area contributed by atoms with E-state index in [1.54, 1.807) is 19.3 Å². The minimum absolute atomic E-state index is 0.0315. The summed E-state index contributed by atoms with van der Waals surface area (Å²) in [6.45, 7) is 1.86. The average molecular weight is 298 g/mol. The summed E-state index contributed by atoms with van der Waals surface area (Å²) in [4.78, 5) is 15.6. The van der Waals surface area contributed by atoms with Gasteiger partial charge >= 0.3 is 0 Å². The molecule has 1 N–H and O–H groups in total. The second kappa shape index (κ2) is 5.68. The van der Waals surface area contributed by atoms with Gasteiger partial charge in [0.15, 0.2) is 5.43 Å². The topological polar surface area (TPSA) is 42.1 Å². The Morgan fingerprint density at radius 3 is 2.79 bits per heavy atom. The quantitative estimate of drug-likeness (QED) is 0.938. The van der Waals surface area contributed by atoms with Gasteiger partial charge in [-0.25, -0.2) is 0 Å². The number of hydrogen-bond acceptors (Lipinski definition) is 2. The molecule has 19 heavy (non-hydrogen) atoms. The van der Waals surface area contributed by atoms with Crippen LogP contribution in [0.3, 0.4) is 0 Å². The molecule has 0 amide bonds. The van der Waals surface area contributed by atoms with Gasteiger partial charge in [0.1, 0.15) is 10.2 Å². The number of aromatic nitrogens is 1. The third-order valence-corrected chi connectivity index (χ3v) is 3.29. The molecule has 0 saturated carbocycles. The lowest BCUT2D eigenvalue weighted by molar-refractivity contribution is 0.415. The molecule has 1 aromatic carbocycles. The summed E-state index contributed by atoms with van der Waals surface area (Å²) in [6, 6.07) is 5.37. The summed E-state index contributed by atoms with van der Waals surface area (Å²) in [5.74, 6) is 0.652. The Kier molecular flexibility index (Phi) is 4.17. The Labute approximate surface area is 120 Å². The first-order chi connectivity index (χ1) is 9.02. The molecule has 0 aliphatic carbocycles. The molecule has 2 aromatic rings. The van der Waals surface area contributed by atoms with Crippen LogP contribution < -0.4 is 10.2 Å². The van der Waals surface area contributed by atoms with Gasteiger partial charge in [0.05, 0.1) is 7.11 Å². The summed E-state index contributed by atoms with van der Waals surface area (Å²) in [7, 11) is 1.57. The third kappa shape index (κ3) is 2.94. The minimum Gasteiger partial charge on any atom is -0.497 e. The highest BCUT2D eigenvalue weighted by Gasteiger charge is 2.09. The standard InChI is InChI=1S/C14H13Cl2NO2/c1-8-10(4-6-13(15)16)14(18)11-7-9(19-2)3-5-12(11)17-8/h3,5-7H,4H2,1-2H3,(H,17,18). The van der Waals surface area contributed by atoms with Crippen LogP contribution in [0, 0.1) is 6.92 Å². The second-order valence-electron chi connectivity index (χ2n) is 4.17. The molecule has 100 valence electrons. The van der Waals surface area contributed by atoms with Gasteiger partial charge in [-0.2, -0.15) is 0 Å². The molecule has 0 spiro atoms. The maximum atomic E-state index is 12.4. The van der Waals surface area contributed by atoms with E-state index >= 15 is 0 Å². The van der Waals surface area contributed by atoms with Crippen LogP contribution in [0.4, 0.5) is 0 Å². The molecule has 0 atom stereocenters. The third-order valence-electron chi connectivity index (χ3n) is 2.98. The van der Waals surface area contributed by atoms with E-state index < -0.39 is 0 Å². The summed E-state index contributed by atoms with van der Waals surface area (Å²) < 4.78 is 5.30. The number of aromatic amines is 1. The average Bonchev–Trinajstić information content (AvgIpc) is 2.38. The van der Waals surface area contributed by atoms with Gasteiger partial charge in [-0.05, 0) is 37.6 Å². The van der Waals surface area contributed by atoms with E-state index in [2.05, 4.69) is 4.98 Å². The van der Waals surface area contributed by atoms with Crippen molar-refractivity contribution in [3.05, 3.63) is 50.2 Å². The number of rotatable bonds is 3. The van der Waals surface area contributed by atoms with Crippen molar-refractivity contribution in [2.45, 2.75) is 13.3 Å². The maximum Gasteiger partial charge on any atom is 0.193 e. The van der Waals surface area contributed by atoms with Crippen LogP contribution in [0.1, 0.15) is 11.3 Å². The summed E-state index contributed by atoms with van der Waals surface area (Å²) in [6.07, 6.45) is 2.00. The molecule has 0 saturated heterocycles. The smallest absolute Gasteiger partial charge is 0.193 e. The molecular formula is C14H13Cl2NO2. The SMILES string of the molecule is COc1ccc2[nH]c(C)c(CC=C(Cl)Cl)c(=O)c2c1. The van der Waals surface area contributed by atoms with Crippen LogP contribution in [0.15, 0.2) is 33.6 Å². The van der Waals surface area contributed by atoms with E-state index in [1.807, 2.05) is 19.1 Å². The fourth-order valence-electron chi connectivity index (χ4n) is 1.98. The first kappa shape index (κ1) is 14.0. The van der Waals surface area contributed by atoms with Crippen LogP contribution in [0.2, 0.25) is 0 Å². The van der Waals surface area contributed by atoms with Crippen LogP contribution in [-0.2, 0) is 6.42 Å². The Morgan fingerprint density at radius 2 is 2.16 bits per heavy atom. The van der Waals surface area contributed by atoms with Gasteiger partial charge in [0.2, 0.25) is 0 Å². The van der Waals surface area contributed by atoms with Crippen LogP contribution in [0.25, 0.3) is 10.9 Å². The number of halogens is 2. The minimum atomic E-state index is -0.0315.